The van der Waals surface area contributed by atoms with Gasteiger partial charge in [-0.05, 0) is 27.7 Å². The summed E-state index contributed by atoms with van der Waals surface area (Å²) in [5, 5.41) is 0. The highest BCUT2D eigenvalue weighted by Crippen LogP contribution is 2.03. The molecule has 0 atom stereocenters. The largest absolute Gasteiger partial charge is 0.302 e. The van der Waals surface area contributed by atoms with Gasteiger partial charge in [-0.2, -0.15) is 0 Å². The SMILES string of the molecule is [B][Si]([B])(OOC(C)C)OOC(C)C. The van der Waals surface area contributed by atoms with Crippen molar-refractivity contribution < 1.29 is 18.9 Å². The van der Waals surface area contributed by atoms with Gasteiger partial charge in [0, 0.05) is 0 Å². The van der Waals surface area contributed by atoms with E-state index in [1.165, 1.54) is 0 Å². The van der Waals surface area contributed by atoms with Crippen molar-refractivity contribution in [2.75, 3.05) is 0 Å². The summed E-state index contributed by atoms with van der Waals surface area (Å²) in [7, 11) is 7.60. The summed E-state index contributed by atoms with van der Waals surface area (Å²) in [5.41, 5.74) is 0. The zero-order valence-electron chi connectivity index (χ0n) is 8.44. The highest BCUT2D eigenvalue weighted by molar-refractivity contribution is 7.34. The molecule has 13 heavy (non-hydrogen) atoms. The molecule has 0 saturated carbocycles. The molecule has 0 unspecified atom stereocenters. The Kier molecular flexibility index (Phi) is 5.90. The van der Waals surface area contributed by atoms with E-state index in [4.69, 9.17) is 24.7 Å². The second kappa shape index (κ2) is 5.82. The van der Waals surface area contributed by atoms with Crippen LogP contribution in [0.25, 0.3) is 0 Å². The van der Waals surface area contributed by atoms with Gasteiger partial charge in [0.05, 0.1) is 12.2 Å². The molecule has 0 aromatic carbocycles. The van der Waals surface area contributed by atoms with E-state index in [0.717, 1.165) is 0 Å². The summed E-state index contributed by atoms with van der Waals surface area (Å²) in [6.45, 7) is 7.14. The third kappa shape index (κ3) is 8.51. The molecule has 4 nitrogen and oxygen atoms in total. The first-order valence-electron chi connectivity index (χ1n) is 4.10. The molecule has 72 valence electrons. The smallest absolute Gasteiger partial charge is 0.270 e. The standard InChI is InChI=1S/C6H14B2O4Si/c1-5(2)9-11-13(7,8)12-10-6(3)4/h5-6H,1-4H3. The van der Waals surface area contributed by atoms with E-state index in [2.05, 4.69) is 9.15 Å². The van der Waals surface area contributed by atoms with Crippen molar-refractivity contribution in [2.45, 2.75) is 39.9 Å². The first-order chi connectivity index (χ1) is 5.83. The van der Waals surface area contributed by atoms with Gasteiger partial charge in [0.1, 0.15) is 14.9 Å². The van der Waals surface area contributed by atoms with E-state index < -0.39 is 8.30 Å². The topological polar surface area (TPSA) is 36.9 Å². The minimum atomic E-state index is -3.27. The molecule has 0 aliphatic rings. The highest BCUT2D eigenvalue weighted by Gasteiger charge is 2.27. The van der Waals surface area contributed by atoms with E-state index in [9.17, 15) is 0 Å². The fraction of sp³-hybridized carbons (Fsp3) is 1.00. The van der Waals surface area contributed by atoms with Crippen LogP contribution in [0.15, 0.2) is 0 Å². The molecule has 0 spiro atoms. The maximum atomic E-state index is 5.44. The molecular weight excluding hydrogens is 186 g/mol. The molecule has 0 aliphatic heterocycles. The van der Waals surface area contributed by atoms with Crippen LogP contribution < -0.4 is 0 Å². The summed E-state index contributed by atoms with van der Waals surface area (Å²) in [6, 6.07) is 0. The van der Waals surface area contributed by atoms with E-state index in [1.54, 1.807) is 27.7 Å². The average molecular weight is 200 g/mol. The Morgan fingerprint density at radius 1 is 0.846 bits per heavy atom. The molecule has 7 heteroatoms. The lowest BCUT2D eigenvalue weighted by Gasteiger charge is -2.23. The summed E-state index contributed by atoms with van der Waals surface area (Å²) < 4.78 is 9.38. The lowest BCUT2D eigenvalue weighted by Crippen LogP contribution is -2.45. The zero-order chi connectivity index (χ0) is 10.5. The van der Waals surface area contributed by atoms with Crippen molar-refractivity contribution in [1.29, 1.82) is 0 Å². The average Bonchev–Trinajstić information content (AvgIpc) is 1.98. The van der Waals surface area contributed by atoms with Crippen molar-refractivity contribution in [3.05, 3.63) is 0 Å². The molecule has 0 amide bonds. The predicted octanol–water partition coefficient (Wildman–Crippen LogP) is 0.472. The van der Waals surface area contributed by atoms with Gasteiger partial charge >= 0.3 is 8.30 Å². The van der Waals surface area contributed by atoms with Crippen molar-refractivity contribution in [3.8, 4) is 0 Å². The van der Waals surface area contributed by atoms with Crippen molar-refractivity contribution >= 4 is 23.2 Å². The van der Waals surface area contributed by atoms with Gasteiger partial charge in [0.15, 0.2) is 0 Å². The summed E-state index contributed by atoms with van der Waals surface area (Å²) in [6.07, 6.45) is -0.247. The second-order valence-electron chi connectivity index (χ2n) is 3.18. The van der Waals surface area contributed by atoms with E-state index in [1.807, 2.05) is 0 Å². The molecule has 0 aromatic rings. The molecular formula is C6H14B2O4Si. The van der Waals surface area contributed by atoms with Gasteiger partial charge in [-0.3, -0.25) is 9.15 Å². The molecule has 0 saturated heterocycles. The molecule has 0 N–H and O–H groups in total. The summed E-state index contributed by atoms with van der Waals surface area (Å²) in [4.78, 5) is 9.49. The van der Waals surface area contributed by atoms with Crippen molar-refractivity contribution in [2.24, 2.45) is 0 Å². The van der Waals surface area contributed by atoms with E-state index >= 15 is 0 Å². The first-order valence-corrected chi connectivity index (χ1v) is 6.07. The number of rotatable bonds is 6. The highest BCUT2D eigenvalue weighted by atomic mass is 28.4. The zero-order valence-corrected chi connectivity index (χ0v) is 9.44. The minimum Gasteiger partial charge on any atom is -0.270 e. The minimum absolute atomic E-state index is 0.123. The molecule has 4 radical (unpaired) electrons. The van der Waals surface area contributed by atoms with Crippen LogP contribution in [-0.2, 0) is 18.9 Å². The Morgan fingerprint density at radius 2 is 1.15 bits per heavy atom. The van der Waals surface area contributed by atoms with Crippen LogP contribution in [0.2, 0.25) is 0 Å². The van der Waals surface area contributed by atoms with Crippen LogP contribution in [-0.4, -0.2) is 35.4 Å². The van der Waals surface area contributed by atoms with Crippen LogP contribution >= 0.6 is 0 Å². The van der Waals surface area contributed by atoms with Gasteiger partial charge in [-0.15, -0.1) is 0 Å². The van der Waals surface area contributed by atoms with Gasteiger partial charge in [0.25, 0.3) is 0 Å². The monoisotopic (exact) mass is 200 g/mol. The Labute approximate surface area is 82.7 Å². The molecule has 0 rings (SSSR count). The fourth-order valence-electron chi connectivity index (χ4n) is 0.357. The quantitative estimate of drug-likeness (QED) is 0.354. The number of hydrogen-bond acceptors (Lipinski definition) is 4. The predicted molar refractivity (Wildman–Crippen MR) is 51.9 cm³/mol. The van der Waals surface area contributed by atoms with E-state index in [-0.39, 0.29) is 12.2 Å². The molecule has 0 aliphatic carbocycles. The van der Waals surface area contributed by atoms with Gasteiger partial charge in [0.2, 0.25) is 0 Å². The lowest BCUT2D eigenvalue weighted by molar-refractivity contribution is -0.305. The van der Waals surface area contributed by atoms with Crippen molar-refractivity contribution in [1.82, 2.24) is 0 Å². The third-order valence-corrected chi connectivity index (χ3v) is 1.46. The summed E-state index contributed by atoms with van der Waals surface area (Å²) >= 11 is 0. The molecule has 0 fully saturated rings. The Balaban J connectivity index is 3.66. The van der Waals surface area contributed by atoms with E-state index in [0.29, 0.717) is 0 Å². The van der Waals surface area contributed by atoms with Crippen LogP contribution in [0.3, 0.4) is 0 Å². The maximum absolute atomic E-state index is 5.44. The Hall–Kier alpha value is 0.187. The fourth-order valence-corrected chi connectivity index (χ4v) is 1.07. The van der Waals surface area contributed by atoms with Crippen LogP contribution in [0.4, 0.5) is 0 Å². The van der Waals surface area contributed by atoms with Crippen LogP contribution in [0, 0.1) is 0 Å². The third-order valence-electron chi connectivity index (χ3n) is 0.742. The Morgan fingerprint density at radius 3 is 1.38 bits per heavy atom. The summed E-state index contributed by atoms with van der Waals surface area (Å²) in [5.74, 6) is 0. The van der Waals surface area contributed by atoms with Crippen LogP contribution in [0.5, 0.6) is 0 Å². The number of hydrogen-bond donors (Lipinski definition) is 0. The van der Waals surface area contributed by atoms with Crippen molar-refractivity contribution in [3.63, 3.8) is 0 Å². The van der Waals surface area contributed by atoms with Crippen LogP contribution in [0.1, 0.15) is 27.7 Å². The molecule has 0 aromatic heterocycles. The molecule has 0 bridgehead atoms. The maximum Gasteiger partial charge on any atom is 0.302 e. The van der Waals surface area contributed by atoms with Gasteiger partial charge < -0.3 is 0 Å². The lowest BCUT2D eigenvalue weighted by atomic mass is 10.5. The van der Waals surface area contributed by atoms with Gasteiger partial charge in [-0.25, -0.2) is 9.78 Å². The normalized spacial score (nSPS) is 12.8. The first kappa shape index (κ1) is 13.2. The Bertz CT molecular complexity index is 129. The van der Waals surface area contributed by atoms with Gasteiger partial charge in [-0.1, -0.05) is 0 Å². The second-order valence-corrected chi connectivity index (χ2v) is 4.95. The molecule has 0 heterocycles.